The first kappa shape index (κ1) is 18.5. The number of hydrogen-bond donors (Lipinski definition) is 0. The molecule has 0 radical (unpaired) electrons. The third-order valence-corrected chi connectivity index (χ3v) is 6.09. The number of amides is 2. The summed E-state index contributed by atoms with van der Waals surface area (Å²) in [5, 5.41) is 0. The Morgan fingerprint density at radius 2 is 1.74 bits per heavy atom. The van der Waals surface area contributed by atoms with Crippen molar-refractivity contribution in [3.8, 4) is 0 Å². The second kappa shape index (κ2) is 8.00. The van der Waals surface area contributed by atoms with E-state index in [9.17, 15) is 9.59 Å². The summed E-state index contributed by atoms with van der Waals surface area (Å²) in [6, 6.07) is 0. The van der Waals surface area contributed by atoms with Crippen LogP contribution in [-0.2, 0) is 9.53 Å². The number of nitrogens with zero attached hydrogens (tertiary/aromatic N) is 3. The maximum Gasteiger partial charge on any atom is 0.276 e. The van der Waals surface area contributed by atoms with E-state index < -0.39 is 0 Å². The first-order valence-electron chi connectivity index (χ1n) is 10.3. The highest BCUT2D eigenvalue weighted by Crippen LogP contribution is 2.30. The van der Waals surface area contributed by atoms with Crippen LogP contribution in [0.25, 0.3) is 0 Å². The predicted molar refractivity (Wildman–Crippen MR) is 98.5 cm³/mol. The first-order chi connectivity index (χ1) is 13.1. The number of hydrogen-bond acceptors (Lipinski definition) is 5. The number of likely N-dealkylation sites (tertiary alicyclic amines) is 2. The molecule has 27 heavy (non-hydrogen) atoms. The minimum absolute atomic E-state index is 0.00366. The van der Waals surface area contributed by atoms with Gasteiger partial charge in [-0.1, -0.05) is 0 Å². The van der Waals surface area contributed by atoms with Crippen molar-refractivity contribution < 1.29 is 18.7 Å². The number of rotatable bonds is 3. The maximum absolute atomic E-state index is 12.7. The topological polar surface area (TPSA) is 75.9 Å². The van der Waals surface area contributed by atoms with Crippen LogP contribution in [0.3, 0.4) is 0 Å². The number of carbonyl (C=O) groups is 2. The van der Waals surface area contributed by atoms with Gasteiger partial charge in [0.25, 0.3) is 5.91 Å². The summed E-state index contributed by atoms with van der Waals surface area (Å²) < 4.78 is 11.2. The van der Waals surface area contributed by atoms with E-state index >= 15 is 0 Å². The quantitative estimate of drug-likeness (QED) is 0.811. The molecule has 2 amide bonds. The molecule has 0 N–H and O–H groups in total. The van der Waals surface area contributed by atoms with Gasteiger partial charge in [-0.15, -0.1) is 0 Å². The van der Waals surface area contributed by atoms with Crippen molar-refractivity contribution >= 4 is 11.8 Å². The molecule has 3 fully saturated rings. The van der Waals surface area contributed by atoms with E-state index in [1.807, 2.05) is 16.7 Å². The van der Waals surface area contributed by atoms with Gasteiger partial charge in [-0.05, 0) is 45.4 Å². The second-order valence-corrected chi connectivity index (χ2v) is 7.97. The van der Waals surface area contributed by atoms with Crippen LogP contribution in [0.2, 0.25) is 0 Å². The fraction of sp³-hybridized carbons (Fsp3) is 0.750. The van der Waals surface area contributed by atoms with Crippen molar-refractivity contribution in [2.45, 2.75) is 51.4 Å². The molecule has 1 aromatic heterocycles. The fourth-order valence-electron chi connectivity index (χ4n) is 4.37. The third kappa shape index (κ3) is 3.88. The normalized spacial score (nSPS) is 24.4. The van der Waals surface area contributed by atoms with Crippen LogP contribution in [0.15, 0.2) is 4.42 Å². The van der Waals surface area contributed by atoms with Crippen molar-refractivity contribution in [3.63, 3.8) is 0 Å². The van der Waals surface area contributed by atoms with E-state index in [4.69, 9.17) is 9.15 Å². The molecule has 1 atom stereocenters. The van der Waals surface area contributed by atoms with Crippen molar-refractivity contribution in [1.82, 2.24) is 14.8 Å². The lowest BCUT2D eigenvalue weighted by molar-refractivity contribution is -0.136. The predicted octanol–water partition coefficient (Wildman–Crippen LogP) is 2.35. The summed E-state index contributed by atoms with van der Waals surface area (Å²) in [5.74, 6) is 1.69. The number of piperidine rings is 2. The standard InChI is InChI=1S/C20H29N3O4/c1-14-17(20(25)22-8-3-2-4-9-22)21-18(27-14)15-5-10-23(11-6-15)19(24)16-7-12-26-13-16/h15-16H,2-13H2,1H3. The van der Waals surface area contributed by atoms with Crippen LogP contribution in [0.4, 0.5) is 0 Å². The average Bonchev–Trinajstić information content (AvgIpc) is 3.38. The summed E-state index contributed by atoms with van der Waals surface area (Å²) in [5.41, 5.74) is 0.466. The third-order valence-electron chi connectivity index (χ3n) is 6.09. The van der Waals surface area contributed by atoms with Gasteiger partial charge in [0.15, 0.2) is 11.6 Å². The Morgan fingerprint density at radius 3 is 2.41 bits per heavy atom. The maximum atomic E-state index is 12.7. The van der Waals surface area contributed by atoms with Crippen LogP contribution in [0.1, 0.15) is 66.6 Å². The Balaban J connectivity index is 1.37. The fourth-order valence-corrected chi connectivity index (χ4v) is 4.37. The molecule has 3 saturated heterocycles. The highest BCUT2D eigenvalue weighted by Gasteiger charge is 2.33. The van der Waals surface area contributed by atoms with Crippen LogP contribution >= 0.6 is 0 Å². The molecule has 7 heteroatoms. The van der Waals surface area contributed by atoms with Crippen molar-refractivity contribution in [3.05, 3.63) is 17.3 Å². The number of aromatic nitrogens is 1. The molecule has 0 aliphatic carbocycles. The van der Waals surface area contributed by atoms with Gasteiger partial charge in [-0.2, -0.15) is 0 Å². The van der Waals surface area contributed by atoms with Crippen LogP contribution in [0, 0.1) is 12.8 Å². The Bertz CT molecular complexity index is 681. The monoisotopic (exact) mass is 375 g/mol. The SMILES string of the molecule is Cc1oc(C2CCN(C(=O)C3CCOC3)CC2)nc1C(=O)N1CCCCC1. The van der Waals surface area contributed by atoms with Gasteiger partial charge >= 0.3 is 0 Å². The van der Waals surface area contributed by atoms with Gasteiger partial charge in [0.2, 0.25) is 5.91 Å². The molecule has 3 aliphatic rings. The molecule has 3 aliphatic heterocycles. The Labute approximate surface area is 160 Å². The number of aryl methyl sites for hydroxylation is 1. The zero-order valence-electron chi connectivity index (χ0n) is 16.1. The lowest BCUT2D eigenvalue weighted by Crippen LogP contribution is -2.41. The van der Waals surface area contributed by atoms with Crippen LogP contribution < -0.4 is 0 Å². The van der Waals surface area contributed by atoms with Crippen LogP contribution in [0.5, 0.6) is 0 Å². The van der Waals surface area contributed by atoms with Gasteiger partial charge in [-0.25, -0.2) is 4.98 Å². The zero-order valence-corrected chi connectivity index (χ0v) is 16.1. The molecular formula is C20H29N3O4. The molecule has 0 bridgehead atoms. The van der Waals surface area contributed by atoms with E-state index in [-0.39, 0.29) is 23.7 Å². The minimum atomic E-state index is -0.00366. The van der Waals surface area contributed by atoms with Gasteiger partial charge in [0, 0.05) is 38.7 Å². The van der Waals surface area contributed by atoms with Crippen molar-refractivity contribution in [2.75, 3.05) is 39.4 Å². The van der Waals surface area contributed by atoms with E-state index in [1.165, 1.54) is 6.42 Å². The molecule has 1 unspecified atom stereocenters. The summed E-state index contributed by atoms with van der Waals surface area (Å²) in [7, 11) is 0. The number of ether oxygens (including phenoxy) is 1. The Kier molecular flexibility index (Phi) is 5.48. The van der Waals surface area contributed by atoms with E-state index in [2.05, 4.69) is 4.98 Å². The number of oxazole rings is 1. The molecule has 0 spiro atoms. The molecule has 0 saturated carbocycles. The summed E-state index contributed by atoms with van der Waals surface area (Å²) >= 11 is 0. The largest absolute Gasteiger partial charge is 0.445 e. The summed E-state index contributed by atoms with van der Waals surface area (Å²) in [6.45, 7) is 6.13. The van der Waals surface area contributed by atoms with Gasteiger partial charge in [0.1, 0.15) is 5.76 Å². The lowest BCUT2D eigenvalue weighted by atomic mass is 9.95. The lowest BCUT2D eigenvalue weighted by Gasteiger charge is -2.32. The molecule has 4 heterocycles. The first-order valence-corrected chi connectivity index (χ1v) is 10.3. The molecule has 4 rings (SSSR count). The van der Waals surface area contributed by atoms with Crippen molar-refractivity contribution in [1.29, 1.82) is 0 Å². The minimum Gasteiger partial charge on any atom is -0.445 e. The zero-order chi connectivity index (χ0) is 18.8. The van der Waals surface area contributed by atoms with E-state index in [0.717, 1.165) is 58.3 Å². The van der Waals surface area contributed by atoms with Crippen molar-refractivity contribution in [2.24, 2.45) is 5.92 Å². The van der Waals surface area contributed by atoms with E-state index in [0.29, 0.717) is 30.6 Å². The molecule has 1 aromatic rings. The van der Waals surface area contributed by atoms with Gasteiger partial charge < -0.3 is 19.0 Å². The Hall–Kier alpha value is -1.89. The molecule has 0 aromatic carbocycles. The second-order valence-electron chi connectivity index (χ2n) is 7.97. The van der Waals surface area contributed by atoms with Gasteiger partial charge in [0.05, 0.1) is 12.5 Å². The van der Waals surface area contributed by atoms with Crippen LogP contribution in [-0.4, -0.2) is 66.0 Å². The smallest absolute Gasteiger partial charge is 0.276 e. The molecule has 7 nitrogen and oxygen atoms in total. The number of carbonyl (C=O) groups excluding carboxylic acids is 2. The highest BCUT2D eigenvalue weighted by atomic mass is 16.5. The average molecular weight is 375 g/mol. The highest BCUT2D eigenvalue weighted by molar-refractivity contribution is 5.93. The van der Waals surface area contributed by atoms with Gasteiger partial charge in [-0.3, -0.25) is 9.59 Å². The summed E-state index contributed by atoms with van der Waals surface area (Å²) in [4.78, 5) is 33.7. The Morgan fingerprint density at radius 1 is 1.00 bits per heavy atom. The summed E-state index contributed by atoms with van der Waals surface area (Å²) in [6.07, 6.45) is 5.81. The molecular weight excluding hydrogens is 346 g/mol. The molecule has 148 valence electrons. The van der Waals surface area contributed by atoms with E-state index in [1.54, 1.807) is 0 Å².